The van der Waals surface area contributed by atoms with Gasteiger partial charge in [-0.15, -0.1) is 0 Å². The fourth-order valence-electron chi connectivity index (χ4n) is 1.73. The van der Waals surface area contributed by atoms with Crippen LogP contribution in [0.4, 0.5) is 14.5 Å². The summed E-state index contributed by atoms with van der Waals surface area (Å²) in [5.41, 5.74) is 0.242. The first-order valence-corrected chi connectivity index (χ1v) is 7.69. The van der Waals surface area contributed by atoms with Gasteiger partial charge in [0.1, 0.15) is 16.5 Å². The number of hydrogen-bond donors (Lipinski definition) is 2. The lowest BCUT2D eigenvalue weighted by Gasteiger charge is -2.10. The van der Waals surface area contributed by atoms with E-state index in [0.717, 1.165) is 6.07 Å². The van der Waals surface area contributed by atoms with E-state index in [1.54, 1.807) is 0 Å². The van der Waals surface area contributed by atoms with Gasteiger partial charge in [-0.2, -0.15) is 5.10 Å². The van der Waals surface area contributed by atoms with Crippen LogP contribution in [-0.4, -0.2) is 18.6 Å². The van der Waals surface area contributed by atoms with Crippen molar-refractivity contribution in [3.8, 4) is 0 Å². The molecule has 0 saturated heterocycles. The normalized spacial score (nSPS) is 11.7. The van der Waals surface area contributed by atoms with Crippen molar-refractivity contribution in [2.45, 2.75) is 18.7 Å². The smallest absolute Gasteiger partial charge is 0.265 e. The molecular formula is C11H10BrF2N3O2S. The summed E-state index contributed by atoms with van der Waals surface area (Å²) in [5, 5.41) is 6.30. The molecule has 0 aliphatic carbocycles. The second kappa shape index (κ2) is 5.13. The van der Waals surface area contributed by atoms with Crippen LogP contribution in [0.2, 0.25) is 0 Å². The summed E-state index contributed by atoms with van der Waals surface area (Å²) in [6.45, 7) is 3.04. The van der Waals surface area contributed by atoms with E-state index in [-0.39, 0.29) is 20.7 Å². The van der Waals surface area contributed by atoms with Crippen molar-refractivity contribution in [2.24, 2.45) is 0 Å². The van der Waals surface area contributed by atoms with E-state index in [9.17, 15) is 17.2 Å². The summed E-state index contributed by atoms with van der Waals surface area (Å²) < 4.78 is 53.2. The van der Waals surface area contributed by atoms with Gasteiger partial charge in [0.25, 0.3) is 10.0 Å². The number of aromatic nitrogens is 2. The number of H-pyrrole nitrogens is 1. The Hall–Kier alpha value is -1.48. The van der Waals surface area contributed by atoms with Crippen LogP contribution in [0.25, 0.3) is 0 Å². The average molecular weight is 366 g/mol. The Bertz CT molecular complexity index is 755. The molecule has 0 spiro atoms. The highest BCUT2D eigenvalue weighted by atomic mass is 79.9. The van der Waals surface area contributed by atoms with E-state index in [4.69, 9.17) is 0 Å². The third-order valence-electron chi connectivity index (χ3n) is 2.58. The number of nitrogens with one attached hydrogen (secondary N) is 2. The minimum absolute atomic E-state index is 0.0442. The molecule has 1 aromatic heterocycles. The van der Waals surface area contributed by atoms with Gasteiger partial charge in [0.15, 0.2) is 0 Å². The van der Waals surface area contributed by atoms with Crippen LogP contribution in [0.1, 0.15) is 11.4 Å². The molecule has 20 heavy (non-hydrogen) atoms. The fraction of sp³-hybridized carbons (Fsp3) is 0.182. The minimum atomic E-state index is -4.01. The maximum atomic E-state index is 13.6. The lowest BCUT2D eigenvalue weighted by Crippen LogP contribution is -2.15. The summed E-state index contributed by atoms with van der Waals surface area (Å²) in [7, 11) is -4.01. The zero-order valence-electron chi connectivity index (χ0n) is 10.5. The van der Waals surface area contributed by atoms with E-state index in [1.165, 1.54) is 13.8 Å². The van der Waals surface area contributed by atoms with Gasteiger partial charge < -0.3 is 0 Å². The van der Waals surface area contributed by atoms with Crippen LogP contribution in [-0.2, 0) is 10.0 Å². The molecule has 0 atom stereocenters. The lowest BCUT2D eigenvalue weighted by molar-refractivity contribution is 0.579. The van der Waals surface area contributed by atoms with Crippen LogP contribution >= 0.6 is 15.9 Å². The summed E-state index contributed by atoms with van der Waals surface area (Å²) in [4.78, 5) is -0.0580. The Balaban J connectivity index is 2.47. The first-order valence-electron chi connectivity index (χ1n) is 5.41. The monoisotopic (exact) mass is 365 g/mol. The Morgan fingerprint density at radius 3 is 2.45 bits per heavy atom. The SMILES string of the molecule is Cc1n[nH]c(C)c1S(=O)(=O)Nc1cc(Br)c(F)cc1F. The Kier molecular flexibility index (Phi) is 3.83. The molecule has 1 aromatic carbocycles. The van der Waals surface area contributed by atoms with Crippen molar-refractivity contribution in [3.63, 3.8) is 0 Å². The number of halogens is 3. The van der Waals surface area contributed by atoms with Crippen LogP contribution in [0.3, 0.4) is 0 Å². The first-order chi connectivity index (χ1) is 9.22. The second-order valence-electron chi connectivity index (χ2n) is 4.11. The van der Waals surface area contributed by atoms with Gasteiger partial charge in [0, 0.05) is 6.07 Å². The Labute approximate surface area is 122 Å². The molecule has 5 nitrogen and oxygen atoms in total. The number of sulfonamides is 1. The van der Waals surface area contributed by atoms with Crippen molar-refractivity contribution >= 4 is 31.6 Å². The number of nitrogens with zero attached hydrogens (tertiary/aromatic N) is 1. The van der Waals surface area contributed by atoms with Crippen LogP contribution in [0.5, 0.6) is 0 Å². The fourth-order valence-corrected chi connectivity index (χ4v) is 3.51. The van der Waals surface area contributed by atoms with Crippen LogP contribution < -0.4 is 4.72 Å². The van der Waals surface area contributed by atoms with E-state index in [0.29, 0.717) is 11.8 Å². The highest BCUT2D eigenvalue weighted by Gasteiger charge is 2.24. The predicted molar refractivity (Wildman–Crippen MR) is 72.9 cm³/mol. The Morgan fingerprint density at radius 1 is 1.25 bits per heavy atom. The van der Waals surface area contributed by atoms with Gasteiger partial charge >= 0.3 is 0 Å². The molecule has 0 bridgehead atoms. The zero-order chi connectivity index (χ0) is 15.1. The zero-order valence-corrected chi connectivity index (χ0v) is 12.9. The van der Waals surface area contributed by atoms with Gasteiger partial charge in [-0.05, 0) is 35.8 Å². The largest absolute Gasteiger partial charge is 0.281 e. The summed E-state index contributed by atoms with van der Waals surface area (Å²) in [5.74, 6) is -1.82. The molecule has 0 radical (unpaired) electrons. The van der Waals surface area contributed by atoms with Gasteiger partial charge in [-0.25, -0.2) is 17.2 Å². The molecule has 0 saturated carbocycles. The van der Waals surface area contributed by atoms with E-state index in [2.05, 4.69) is 30.8 Å². The molecular weight excluding hydrogens is 356 g/mol. The topological polar surface area (TPSA) is 74.8 Å². The van der Waals surface area contributed by atoms with Gasteiger partial charge in [-0.3, -0.25) is 9.82 Å². The molecule has 2 aromatic rings. The molecule has 0 unspecified atom stereocenters. The van der Waals surface area contributed by atoms with Crippen LogP contribution in [0, 0.1) is 25.5 Å². The van der Waals surface area contributed by atoms with Crippen molar-refractivity contribution in [1.82, 2.24) is 10.2 Å². The van der Waals surface area contributed by atoms with E-state index < -0.39 is 21.7 Å². The second-order valence-corrected chi connectivity index (χ2v) is 6.59. The van der Waals surface area contributed by atoms with Gasteiger partial charge in [-0.1, -0.05) is 0 Å². The molecule has 108 valence electrons. The number of benzene rings is 1. The molecule has 0 aliphatic heterocycles. The minimum Gasteiger partial charge on any atom is -0.281 e. The molecule has 0 amide bonds. The predicted octanol–water partition coefficient (Wildman–Crippen LogP) is 2.87. The quantitative estimate of drug-likeness (QED) is 0.821. The third kappa shape index (κ3) is 2.68. The molecule has 2 N–H and O–H groups in total. The Morgan fingerprint density at radius 2 is 1.90 bits per heavy atom. The maximum absolute atomic E-state index is 13.6. The van der Waals surface area contributed by atoms with Crippen molar-refractivity contribution in [3.05, 3.63) is 39.6 Å². The molecule has 2 rings (SSSR count). The number of rotatable bonds is 3. The highest BCUT2D eigenvalue weighted by molar-refractivity contribution is 9.10. The molecule has 1 heterocycles. The number of hydrogen-bond acceptors (Lipinski definition) is 3. The maximum Gasteiger partial charge on any atom is 0.265 e. The molecule has 0 fully saturated rings. The van der Waals surface area contributed by atoms with Crippen molar-refractivity contribution < 1.29 is 17.2 Å². The van der Waals surface area contributed by atoms with Crippen molar-refractivity contribution in [2.75, 3.05) is 4.72 Å². The van der Waals surface area contributed by atoms with Crippen molar-refractivity contribution in [1.29, 1.82) is 0 Å². The van der Waals surface area contributed by atoms with Gasteiger partial charge in [0.05, 0.1) is 21.5 Å². The first kappa shape index (κ1) is 14.9. The standard InChI is InChI=1S/C11H10BrF2N3O2S/c1-5-11(6(2)16-15-5)20(18,19)17-10-3-7(12)8(13)4-9(10)14/h3-4,17H,1-2H3,(H,15,16). The number of aromatic amines is 1. The van der Waals surface area contributed by atoms with E-state index in [1.807, 2.05) is 0 Å². The highest BCUT2D eigenvalue weighted by Crippen LogP contribution is 2.27. The molecule has 0 aliphatic rings. The summed E-state index contributed by atoms with van der Waals surface area (Å²) in [6, 6.07) is 1.62. The summed E-state index contributed by atoms with van der Waals surface area (Å²) >= 11 is 2.87. The third-order valence-corrected chi connectivity index (χ3v) is 4.82. The number of aryl methyl sites for hydroxylation is 2. The lowest BCUT2D eigenvalue weighted by atomic mass is 10.3. The van der Waals surface area contributed by atoms with E-state index >= 15 is 0 Å². The molecule has 9 heteroatoms. The van der Waals surface area contributed by atoms with Crippen LogP contribution in [0.15, 0.2) is 21.5 Å². The summed E-state index contributed by atoms with van der Waals surface area (Å²) in [6.07, 6.45) is 0. The van der Waals surface area contributed by atoms with Gasteiger partial charge in [0.2, 0.25) is 0 Å². The number of anilines is 1. The average Bonchev–Trinajstić information content (AvgIpc) is 2.66.